The van der Waals surface area contributed by atoms with Crippen LogP contribution in [0.2, 0.25) is 0 Å². The van der Waals surface area contributed by atoms with Gasteiger partial charge in [0.15, 0.2) is 6.79 Å². The van der Waals surface area contributed by atoms with Gasteiger partial charge in [-0.25, -0.2) is 8.78 Å². The molecule has 0 atom stereocenters. The first-order valence-corrected chi connectivity index (χ1v) is 6.69. The van der Waals surface area contributed by atoms with E-state index in [-0.39, 0.29) is 25.5 Å². The fourth-order valence-electron chi connectivity index (χ4n) is 2.30. The SMILES string of the molecule is O=C(NCc1cc(F)cc2c1OCOC2)c1ccccc1F. The molecule has 6 heteroatoms. The Morgan fingerprint density at radius 3 is 2.86 bits per heavy atom. The van der Waals surface area contributed by atoms with Crippen molar-refractivity contribution in [3.05, 3.63) is 64.7 Å². The molecule has 2 aromatic carbocycles. The molecule has 1 N–H and O–H groups in total. The summed E-state index contributed by atoms with van der Waals surface area (Å²) in [5.74, 6) is -1.11. The van der Waals surface area contributed by atoms with Crippen molar-refractivity contribution in [3.63, 3.8) is 0 Å². The van der Waals surface area contributed by atoms with E-state index < -0.39 is 17.5 Å². The van der Waals surface area contributed by atoms with Crippen molar-refractivity contribution in [2.75, 3.05) is 6.79 Å². The van der Waals surface area contributed by atoms with Crippen LogP contribution >= 0.6 is 0 Å². The maximum atomic E-state index is 13.6. The van der Waals surface area contributed by atoms with Crippen molar-refractivity contribution in [1.82, 2.24) is 5.32 Å². The van der Waals surface area contributed by atoms with Gasteiger partial charge in [0, 0.05) is 17.7 Å². The average Bonchev–Trinajstić information content (AvgIpc) is 2.52. The van der Waals surface area contributed by atoms with E-state index in [9.17, 15) is 13.6 Å². The highest BCUT2D eigenvalue weighted by Crippen LogP contribution is 2.29. The molecule has 0 saturated carbocycles. The van der Waals surface area contributed by atoms with E-state index in [0.717, 1.165) is 0 Å². The molecule has 4 nitrogen and oxygen atoms in total. The largest absolute Gasteiger partial charge is 0.467 e. The van der Waals surface area contributed by atoms with Gasteiger partial charge < -0.3 is 14.8 Å². The molecule has 0 aliphatic carbocycles. The molecule has 0 saturated heterocycles. The highest BCUT2D eigenvalue weighted by Gasteiger charge is 2.18. The molecular weight excluding hydrogens is 292 g/mol. The Balaban J connectivity index is 1.78. The predicted molar refractivity (Wildman–Crippen MR) is 74.3 cm³/mol. The molecule has 0 aromatic heterocycles. The summed E-state index contributed by atoms with van der Waals surface area (Å²) < 4.78 is 37.6. The van der Waals surface area contributed by atoms with Crippen molar-refractivity contribution in [3.8, 4) is 5.75 Å². The van der Waals surface area contributed by atoms with Gasteiger partial charge in [0.2, 0.25) is 0 Å². The van der Waals surface area contributed by atoms with Crippen LogP contribution in [0.1, 0.15) is 21.5 Å². The number of hydrogen-bond donors (Lipinski definition) is 1. The zero-order chi connectivity index (χ0) is 15.5. The standard InChI is InChI=1S/C16H13F2NO3/c17-12-5-10(15-11(6-12)8-21-9-22-15)7-19-16(20)13-3-1-2-4-14(13)18/h1-6H,7-9H2,(H,19,20). The van der Waals surface area contributed by atoms with Crippen molar-refractivity contribution in [2.45, 2.75) is 13.2 Å². The lowest BCUT2D eigenvalue weighted by Crippen LogP contribution is -2.25. The second kappa shape index (κ2) is 6.11. The summed E-state index contributed by atoms with van der Waals surface area (Å²) in [4.78, 5) is 12.0. The fraction of sp³-hybridized carbons (Fsp3) is 0.188. The van der Waals surface area contributed by atoms with E-state index in [0.29, 0.717) is 16.9 Å². The molecule has 0 bridgehead atoms. The highest BCUT2D eigenvalue weighted by atomic mass is 19.1. The molecule has 1 heterocycles. The Kier molecular flexibility index (Phi) is 4.02. The number of halogens is 2. The lowest BCUT2D eigenvalue weighted by molar-refractivity contribution is -0.0173. The molecule has 0 fully saturated rings. The van der Waals surface area contributed by atoms with E-state index in [1.165, 1.54) is 30.3 Å². The van der Waals surface area contributed by atoms with Crippen LogP contribution in [0.4, 0.5) is 8.78 Å². The lowest BCUT2D eigenvalue weighted by atomic mass is 10.1. The highest BCUT2D eigenvalue weighted by molar-refractivity contribution is 5.94. The average molecular weight is 305 g/mol. The number of ether oxygens (including phenoxy) is 2. The van der Waals surface area contributed by atoms with E-state index in [4.69, 9.17) is 9.47 Å². The minimum absolute atomic E-state index is 0.0350. The van der Waals surface area contributed by atoms with Crippen molar-refractivity contribution < 1.29 is 23.0 Å². The molecule has 1 amide bonds. The van der Waals surface area contributed by atoms with Crippen molar-refractivity contribution >= 4 is 5.91 Å². The van der Waals surface area contributed by atoms with Crippen LogP contribution in [0.3, 0.4) is 0 Å². The minimum Gasteiger partial charge on any atom is -0.467 e. The predicted octanol–water partition coefficient (Wildman–Crippen LogP) is 2.76. The molecule has 114 valence electrons. The van der Waals surface area contributed by atoms with Crippen LogP contribution in [0.5, 0.6) is 5.75 Å². The topological polar surface area (TPSA) is 47.6 Å². The van der Waals surface area contributed by atoms with E-state index in [1.54, 1.807) is 6.07 Å². The third-order valence-electron chi connectivity index (χ3n) is 3.31. The van der Waals surface area contributed by atoms with Gasteiger partial charge in [-0.05, 0) is 24.3 Å². The molecular formula is C16H13F2NO3. The second-order valence-corrected chi connectivity index (χ2v) is 4.83. The number of hydrogen-bond acceptors (Lipinski definition) is 3. The van der Waals surface area contributed by atoms with Gasteiger partial charge in [-0.3, -0.25) is 4.79 Å². The lowest BCUT2D eigenvalue weighted by Gasteiger charge is -2.21. The van der Waals surface area contributed by atoms with E-state index >= 15 is 0 Å². The second-order valence-electron chi connectivity index (χ2n) is 4.83. The third kappa shape index (κ3) is 2.92. The zero-order valence-electron chi connectivity index (χ0n) is 11.6. The van der Waals surface area contributed by atoms with E-state index in [2.05, 4.69) is 5.32 Å². The molecule has 0 unspecified atom stereocenters. The Bertz CT molecular complexity index is 719. The van der Waals surface area contributed by atoms with Gasteiger partial charge in [0.05, 0.1) is 12.2 Å². The summed E-state index contributed by atoms with van der Waals surface area (Å²) >= 11 is 0. The summed E-state index contributed by atoms with van der Waals surface area (Å²) in [5, 5.41) is 2.57. The molecule has 2 aromatic rings. The van der Waals surface area contributed by atoms with Gasteiger partial charge in [-0.2, -0.15) is 0 Å². The number of rotatable bonds is 3. The number of benzene rings is 2. The van der Waals surface area contributed by atoms with Crippen LogP contribution in [0.15, 0.2) is 36.4 Å². The molecule has 22 heavy (non-hydrogen) atoms. The molecule has 3 rings (SSSR count). The third-order valence-corrected chi connectivity index (χ3v) is 3.31. The van der Waals surface area contributed by atoms with Gasteiger partial charge in [-0.1, -0.05) is 12.1 Å². The number of nitrogens with one attached hydrogen (secondary N) is 1. The Hall–Kier alpha value is -2.47. The van der Waals surface area contributed by atoms with Gasteiger partial charge in [-0.15, -0.1) is 0 Å². The van der Waals surface area contributed by atoms with Crippen LogP contribution in [-0.4, -0.2) is 12.7 Å². The first-order chi connectivity index (χ1) is 10.6. The molecule has 1 aliphatic rings. The van der Waals surface area contributed by atoms with Crippen LogP contribution in [0, 0.1) is 11.6 Å². The molecule has 0 spiro atoms. The summed E-state index contributed by atoms with van der Waals surface area (Å²) in [6, 6.07) is 8.28. The van der Waals surface area contributed by atoms with Crippen molar-refractivity contribution in [1.29, 1.82) is 0 Å². The van der Waals surface area contributed by atoms with Gasteiger partial charge >= 0.3 is 0 Å². The minimum atomic E-state index is -0.606. The number of amides is 1. The normalized spacial score (nSPS) is 13.2. The Morgan fingerprint density at radius 2 is 2.05 bits per heavy atom. The first kappa shape index (κ1) is 14.5. The Labute approximate surface area is 125 Å². The number of carbonyl (C=O) groups is 1. The molecule has 1 aliphatic heterocycles. The monoisotopic (exact) mass is 305 g/mol. The van der Waals surface area contributed by atoms with Gasteiger partial charge in [0.25, 0.3) is 5.91 Å². The Morgan fingerprint density at radius 1 is 1.23 bits per heavy atom. The van der Waals surface area contributed by atoms with Gasteiger partial charge in [0.1, 0.15) is 17.4 Å². The van der Waals surface area contributed by atoms with Crippen LogP contribution in [0.25, 0.3) is 0 Å². The van der Waals surface area contributed by atoms with E-state index in [1.807, 2.05) is 0 Å². The van der Waals surface area contributed by atoms with Crippen LogP contribution < -0.4 is 10.1 Å². The van der Waals surface area contributed by atoms with Crippen molar-refractivity contribution in [2.24, 2.45) is 0 Å². The summed E-state index contributed by atoms with van der Waals surface area (Å²) in [7, 11) is 0. The first-order valence-electron chi connectivity index (χ1n) is 6.69. The quantitative estimate of drug-likeness (QED) is 0.948. The molecule has 0 radical (unpaired) electrons. The number of carbonyl (C=O) groups excluding carboxylic acids is 1. The number of fused-ring (bicyclic) bond motifs is 1. The zero-order valence-corrected chi connectivity index (χ0v) is 11.6. The summed E-state index contributed by atoms with van der Waals surface area (Å²) in [6.07, 6.45) is 0. The maximum absolute atomic E-state index is 13.6. The summed E-state index contributed by atoms with van der Waals surface area (Å²) in [6.45, 7) is 0.363. The fourth-order valence-corrected chi connectivity index (χ4v) is 2.30. The van der Waals surface area contributed by atoms with Crippen LogP contribution in [-0.2, 0) is 17.9 Å². The smallest absolute Gasteiger partial charge is 0.254 e. The summed E-state index contributed by atoms with van der Waals surface area (Å²) in [5.41, 5.74) is 1.02. The maximum Gasteiger partial charge on any atom is 0.254 e.